The molecule has 0 saturated carbocycles. The van der Waals surface area contributed by atoms with Crippen LogP contribution in [-0.2, 0) is 0 Å². The lowest BCUT2D eigenvalue weighted by molar-refractivity contribution is 0.0822. The molecule has 0 fully saturated rings. The fourth-order valence-corrected chi connectivity index (χ4v) is 0.882. The number of aromatic nitrogens is 1. The number of carbonyl (C=O) groups is 1. The predicted molar refractivity (Wildman–Crippen MR) is 81.0 cm³/mol. The first-order valence-electron chi connectivity index (χ1n) is 6.75. The van der Waals surface area contributed by atoms with Crippen LogP contribution >= 0.6 is 0 Å². The second kappa shape index (κ2) is 15.6. The van der Waals surface area contributed by atoms with E-state index >= 15 is 0 Å². The maximum Gasteiger partial charge on any atom is 0.271 e. The van der Waals surface area contributed by atoms with Crippen LogP contribution in [0.15, 0.2) is 18.3 Å². The zero-order valence-electron chi connectivity index (χ0n) is 13.5. The molecular weight excluding hydrogens is 224 g/mol. The number of rotatable bonds is 1. The van der Waals surface area contributed by atoms with Gasteiger partial charge in [-0.25, -0.2) is 0 Å². The van der Waals surface area contributed by atoms with Crippen molar-refractivity contribution in [2.75, 3.05) is 14.1 Å². The highest BCUT2D eigenvalue weighted by atomic mass is 16.2. The van der Waals surface area contributed by atoms with E-state index in [9.17, 15) is 4.79 Å². The molecule has 0 bridgehead atoms. The molecule has 1 amide bonds. The van der Waals surface area contributed by atoms with Crippen molar-refractivity contribution in [3.63, 3.8) is 0 Å². The number of pyridine rings is 1. The summed E-state index contributed by atoms with van der Waals surface area (Å²) in [7, 11) is 3.43. The first-order chi connectivity index (χ1) is 8.61. The maximum absolute atomic E-state index is 11.4. The van der Waals surface area contributed by atoms with Crippen LogP contribution < -0.4 is 0 Å². The molecule has 1 heterocycles. The molecular formula is C15H30N2O. The van der Waals surface area contributed by atoms with E-state index < -0.39 is 0 Å². The van der Waals surface area contributed by atoms with Gasteiger partial charge in [-0.15, -0.1) is 0 Å². The third kappa shape index (κ3) is 9.82. The zero-order valence-corrected chi connectivity index (χ0v) is 13.5. The van der Waals surface area contributed by atoms with Gasteiger partial charge in [-0.3, -0.25) is 9.78 Å². The Kier molecular flexibility index (Phi) is 19.0. The molecule has 1 rings (SSSR count). The average Bonchev–Trinajstić information content (AvgIpc) is 2.44. The molecule has 0 atom stereocenters. The number of amides is 1. The van der Waals surface area contributed by atoms with E-state index in [1.54, 1.807) is 26.4 Å². The minimum Gasteiger partial charge on any atom is -0.343 e. The minimum absolute atomic E-state index is 0.0568. The molecule has 0 unspecified atom stereocenters. The van der Waals surface area contributed by atoms with E-state index in [0.29, 0.717) is 5.69 Å². The van der Waals surface area contributed by atoms with Crippen LogP contribution in [0.1, 0.15) is 57.6 Å². The molecule has 0 N–H and O–H groups in total. The third-order valence-electron chi connectivity index (χ3n) is 1.54. The van der Waals surface area contributed by atoms with E-state index in [1.807, 2.05) is 54.5 Å². The van der Waals surface area contributed by atoms with Gasteiger partial charge in [0.1, 0.15) is 5.69 Å². The Morgan fingerprint density at radius 1 is 1.06 bits per heavy atom. The summed E-state index contributed by atoms with van der Waals surface area (Å²) in [5, 5.41) is 0. The summed E-state index contributed by atoms with van der Waals surface area (Å²) in [6, 6.07) is 3.65. The summed E-state index contributed by atoms with van der Waals surface area (Å²) < 4.78 is 0. The fourth-order valence-electron chi connectivity index (χ4n) is 0.882. The highest BCUT2D eigenvalue weighted by Gasteiger charge is 2.08. The first-order valence-corrected chi connectivity index (χ1v) is 6.75. The summed E-state index contributed by atoms with van der Waals surface area (Å²) in [6.07, 6.45) is 1.64. The van der Waals surface area contributed by atoms with Crippen molar-refractivity contribution in [2.45, 2.75) is 48.5 Å². The number of carbonyl (C=O) groups excluding carboxylic acids is 1. The monoisotopic (exact) mass is 254 g/mol. The van der Waals surface area contributed by atoms with E-state index in [-0.39, 0.29) is 5.91 Å². The normalized spacial score (nSPS) is 7.39. The molecule has 0 aromatic carbocycles. The minimum atomic E-state index is -0.0568. The number of hydrogen-bond acceptors (Lipinski definition) is 2. The standard InChI is InChI=1S/C9H12N2O.3C2H6/c1-7-4-5-10-8(6-7)9(12)11(2)3;3*1-2/h4-6H,1-3H3;3*1-2H3. The van der Waals surface area contributed by atoms with Crippen molar-refractivity contribution in [3.05, 3.63) is 29.6 Å². The topological polar surface area (TPSA) is 33.2 Å². The van der Waals surface area contributed by atoms with E-state index in [0.717, 1.165) is 5.56 Å². The van der Waals surface area contributed by atoms with Gasteiger partial charge >= 0.3 is 0 Å². The van der Waals surface area contributed by atoms with Gasteiger partial charge in [0, 0.05) is 20.3 Å². The van der Waals surface area contributed by atoms with Gasteiger partial charge in [0.25, 0.3) is 5.91 Å². The zero-order chi connectivity index (χ0) is 15.1. The average molecular weight is 254 g/mol. The Hall–Kier alpha value is -1.38. The quantitative estimate of drug-likeness (QED) is 0.753. The Bertz CT molecular complexity index is 296. The van der Waals surface area contributed by atoms with Gasteiger partial charge in [0.15, 0.2) is 0 Å². The molecule has 3 nitrogen and oxygen atoms in total. The van der Waals surface area contributed by atoms with E-state index in [4.69, 9.17) is 0 Å². The van der Waals surface area contributed by atoms with Crippen LogP contribution in [0.2, 0.25) is 0 Å². The van der Waals surface area contributed by atoms with E-state index in [1.165, 1.54) is 4.90 Å². The Morgan fingerprint density at radius 3 is 1.83 bits per heavy atom. The summed E-state index contributed by atoms with van der Waals surface area (Å²) >= 11 is 0. The Morgan fingerprint density at radius 2 is 1.50 bits per heavy atom. The van der Waals surface area contributed by atoms with Crippen LogP contribution in [-0.4, -0.2) is 29.9 Å². The first kappa shape index (κ1) is 21.9. The van der Waals surface area contributed by atoms with Gasteiger partial charge in [0.2, 0.25) is 0 Å². The van der Waals surface area contributed by atoms with Crippen LogP contribution in [0.3, 0.4) is 0 Å². The summed E-state index contributed by atoms with van der Waals surface area (Å²) in [5.41, 5.74) is 1.55. The van der Waals surface area contributed by atoms with Gasteiger partial charge < -0.3 is 4.90 Å². The van der Waals surface area contributed by atoms with Crippen LogP contribution in [0.25, 0.3) is 0 Å². The Labute approximate surface area is 113 Å². The molecule has 1 aromatic heterocycles. The largest absolute Gasteiger partial charge is 0.343 e. The second-order valence-electron chi connectivity index (χ2n) is 2.92. The lowest BCUT2D eigenvalue weighted by Crippen LogP contribution is -2.22. The number of nitrogens with zero attached hydrogens (tertiary/aromatic N) is 2. The summed E-state index contributed by atoms with van der Waals surface area (Å²) in [6.45, 7) is 13.9. The molecule has 0 aliphatic carbocycles. The van der Waals surface area contributed by atoms with Gasteiger partial charge in [-0.2, -0.15) is 0 Å². The van der Waals surface area contributed by atoms with Crippen LogP contribution in [0.4, 0.5) is 0 Å². The van der Waals surface area contributed by atoms with Crippen molar-refractivity contribution >= 4 is 5.91 Å². The van der Waals surface area contributed by atoms with Gasteiger partial charge in [-0.1, -0.05) is 41.5 Å². The molecule has 0 spiro atoms. The van der Waals surface area contributed by atoms with E-state index in [2.05, 4.69) is 4.98 Å². The van der Waals surface area contributed by atoms with Crippen LogP contribution in [0, 0.1) is 6.92 Å². The van der Waals surface area contributed by atoms with Crippen molar-refractivity contribution in [1.29, 1.82) is 0 Å². The third-order valence-corrected chi connectivity index (χ3v) is 1.54. The lowest BCUT2D eigenvalue weighted by atomic mass is 10.2. The Balaban J connectivity index is -0.000000328. The molecule has 0 radical (unpaired) electrons. The fraction of sp³-hybridized carbons (Fsp3) is 0.600. The molecule has 106 valence electrons. The lowest BCUT2D eigenvalue weighted by Gasteiger charge is -2.08. The molecule has 1 aromatic rings. The van der Waals surface area contributed by atoms with Crippen molar-refractivity contribution < 1.29 is 4.79 Å². The summed E-state index contributed by atoms with van der Waals surface area (Å²) in [4.78, 5) is 16.8. The smallest absolute Gasteiger partial charge is 0.271 e. The molecule has 0 saturated heterocycles. The highest BCUT2D eigenvalue weighted by Crippen LogP contribution is 2.01. The molecule has 18 heavy (non-hydrogen) atoms. The van der Waals surface area contributed by atoms with Crippen molar-refractivity contribution in [3.8, 4) is 0 Å². The van der Waals surface area contributed by atoms with Gasteiger partial charge in [-0.05, 0) is 24.6 Å². The molecule has 0 aliphatic rings. The van der Waals surface area contributed by atoms with Gasteiger partial charge in [0.05, 0.1) is 0 Å². The highest BCUT2D eigenvalue weighted by molar-refractivity contribution is 5.91. The van der Waals surface area contributed by atoms with Crippen LogP contribution in [0.5, 0.6) is 0 Å². The SMILES string of the molecule is CC.CC.CC.Cc1ccnc(C(=O)N(C)C)c1. The van der Waals surface area contributed by atoms with Crippen molar-refractivity contribution in [1.82, 2.24) is 9.88 Å². The second-order valence-corrected chi connectivity index (χ2v) is 2.92. The van der Waals surface area contributed by atoms with Crippen molar-refractivity contribution in [2.24, 2.45) is 0 Å². The summed E-state index contributed by atoms with van der Waals surface area (Å²) in [5.74, 6) is -0.0568. The number of hydrogen-bond donors (Lipinski definition) is 0. The predicted octanol–water partition coefficient (Wildman–Crippen LogP) is 4.17. The number of aryl methyl sites for hydroxylation is 1. The molecule has 0 aliphatic heterocycles. The molecule has 3 heteroatoms. The maximum atomic E-state index is 11.4.